The molecule has 14 heavy (non-hydrogen) atoms. The minimum absolute atomic E-state index is 0.233. The van der Waals surface area contributed by atoms with Crippen LogP contribution in [0, 0.1) is 0 Å². The van der Waals surface area contributed by atoms with Gasteiger partial charge in [-0.05, 0) is 19.8 Å². The number of hydrogen-bond acceptors (Lipinski definition) is 5. The second-order valence-electron chi connectivity index (χ2n) is 3.41. The van der Waals surface area contributed by atoms with Crippen molar-refractivity contribution in [3.63, 3.8) is 0 Å². The normalized spacial score (nSPS) is 13.1. The van der Waals surface area contributed by atoms with Crippen LogP contribution in [-0.2, 0) is 17.8 Å². The summed E-state index contributed by atoms with van der Waals surface area (Å²) in [5, 5.41) is 3.76. The maximum absolute atomic E-state index is 5.62. The van der Waals surface area contributed by atoms with E-state index in [1.807, 2.05) is 6.92 Å². The van der Waals surface area contributed by atoms with E-state index in [9.17, 15) is 0 Å². The van der Waals surface area contributed by atoms with Gasteiger partial charge in [-0.3, -0.25) is 0 Å². The molecule has 0 aliphatic carbocycles. The van der Waals surface area contributed by atoms with E-state index in [2.05, 4.69) is 10.1 Å². The van der Waals surface area contributed by atoms with Crippen molar-refractivity contribution in [1.29, 1.82) is 0 Å². The second kappa shape index (κ2) is 5.72. The summed E-state index contributed by atoms with van der Waals surface area (Å²) in [4.78, 5) is 4.15. The summed E-state index contributed by atoms with van der Waals surface area (Å²) < 4.78 is 9.90. The highest BCUT2D eigenvalue weighted by Crippen LogP contribution is 2.04. The van der Waals surface area contributed by atoms with Gasteiger partial charge in [-0.1, -0.05) is 5.16 Å². The zero-order valence-corrected chi connectivity index (χ0v) is 8.69. The number of nitrogens with two attached hydrogens (primary N) is 1. The molecule has 1 aromatic heterocycles. The van der Waals surface area contributed by atoms with Crippen molar-refractivity contribution in [2.75, 3.05) is 7.11 Å². The molecule has 5 heteroatoms. The second-order valence-corrected chi connectivity index (χ2v) is 3.41. The van der Waals surface area contributed by atoms with E-state index < -0.39 is 0 Å². The molecule has 0 radical (unpaired) electrons. The van der Waals surface area contributed by atoms with Gasteiger partial charge in [0.05, 0.1) is 0 Å². The average Bonchev–Trinajstić information content (AvgIpc) is 2.53. The fraction of sp³-hybridized carbons (Fsp3) is 0.778. The number of hydrogen-bond donors (Lipinski definition) is 1. The van der Waals surface area contributed by atoms with Crippen molar-refractivity contribution in [3.8, 4) is 0 Å². The predicted octanol–water partition coefficient (Wildman–Crippen LogP) is 0.886. The topological polar surface area (TPSA) is 74.2 Å². The lowest BCUT2D eigenvalue weighted by Crippen LogP contribution is -2.14. The first-order valence-corrected chi connectivity index (χ1v) is 4.78. The van der Waals surface area contributed by atoms with Crippen LogP contribution in [0.1, 0.15) is 31.5 Å². The molecule has 0 spiro atoms. The van der Waals surface area contributed by atoms with Crippen molar-refractivity contribution in [2.24, 2.45) is 5.73 Å². The first-order chi connectivity index (χ1) is 6.72. The molecule has 0 saturated heterocycles. The van der Waals surface area contributed by atoms with Gasteiger partial charge in [-0.15, -0.1) is 0 Å². The van der Waals surface area contributed by atoms with E-state index in [1.54, 1.807) is 7.11 Å². The molecule has 1 aromatic rings. The van der Waals surface area contributed by atoms with Crippen LogP contribution in [0.5, 0.6) is 0 Å². The van der Waals surface area contributed by atoms with Crippen LogP contribution in [0.2, 0.25) is 0 Å². The molecule has 80 valence electrons. The smallest absolute Gasteiger partial charge is 0.226 e. The summed E-state index contributed by atoms with van der Waals surface area (Å²) in [5.41, 5.74) is 5.62. The van der Waals surface area contributed by atoms with Crippen molar-refractivity contribution >= 4 is 0 Å². The summed E-state index contributed by atoms with van der Waals surface area (Å²) in [6.07, 6.45) is 2.74. The number of nitrogens with zero attached hydrogens (tertiary/aromatic N) is 2. The number of aryl methyl sites for hydroxylation is 1. The third-order valence-electron chi connectivity index (χ3n) is 1.83. The fourth-order valence-electron chi connectivity index (χ4n) is 1.15. The molecule has 0 aliphatic rings. The van der Waals surface area contributed by atoms with E-state index in [0.717, 1.165) is 19.3 Å². The molecule has 0 fully saturated rings. The van der Waals surface area contributed by atoms with Gasteiger partial charge in [0, 0.05) is 19.6 Å². The van der Waals surface area contributed by atoms with Gasteiger partial charge in [0.2, 0.25) is 5.89 Å². The van der Waals surface area contributed by atoms with Crippen LogP contribution in [0.25, 0.3) is 0 Å². The monoisotopic (exact) mass is 199 g/mol. The summed E-state index contributed by atoms with van der Waals surface area (Å²) in [6.45, 7) is 2.39. The van der Waals surface area contributed by atoms with E-state index in [0.29, 0.717) is 18.3 Å². The fourth-order valence-corrected chi connectivity index (χ4v) is 1.15. The maximum atomic E-state index is 5.62. The van der Waals surface area contributed by atoms with E-state index in [-0.39, 0.29) is 6.04 Å². The molecule has 1 heterocycles. The van der Waals surface area contributed by atoms with Gasteiger partial charge in [0.1, 0.15) is 6.61 Å². The van der Waals surface area contributed by atoms with Crippen LogP contribution in [0.4, 0.5) is 0 Å². The molecular weight excluding hydrogens is 182 g/mol. The van der Waals surface area contributed by atoms with Crippen LogP contribution in [0.3, 0.4) is 0 Å². The van der Waals surface area contributed by atoms with Crippen molar-refractivity contribution in [3.05, 3.63) is 11.7 Å². The lowest BCUT2D eigenvalue weighted by molar-refractivity contribution is 0.174. The molecule has 0 aromatic carbocycles. The van der Waals surface area contributed by atoms with E-state index in [4.69, 9.17) is 15.0 Å². The Morgan fingerprint density at radius 2 is 2.36 bits per heavy atom. The van der Waals surface area contributed by atoms with Crippen molar-refractivity contribution < 1.29 is 9.26 Å². The first kappa shape index (κ1) is 11.1. The quantitative estimate of drug-likeness (QED) is 0.736. The van der Waals surface area contributed by atoms with Gasteiger partial charge < -0.3 is 15.0 Å². The Labute approximate surface area is 83.6 Å². The molecule has 0 bridgehead atoms. The maximum Gasteiger partial charge on any atom is 0.226 e. The summed E-state index contributed by atoms with van der Waals surface area (Å²) in [5.74, 6) is 1.26. The molecule has 0 saturated carbocycles. The molecule has 1 rings (SSSR count). The van der Waals surface area contributed by atoms with E-state index in [1.165, 1.54) is 0 Å². The number of aromatic nitrogens is 2. The minimum Gasteiger partial charge on any atom is -0.377 e. The number of ether oxygens (including phenoxy) is 1. The van der Waals surface area contributed by atoms with Crippen molar-refractivity contribution in [1.82, 2.24) is 10.1 Å². The molecule has 0 amide bonds. The van der Waals surface area contributed by atoms with Gasteiger partial charge in [-0.2, -0.15) is 4.98 Å². The highest BCUT2D eigenvalue weighted by atomic mass is 16.5. The lowest BCUT2D eigenvalue weighted by Gasteiger charge is -2.00. The van der Waals surface area contributed by atoms with Gasteiger partial charge in [0.25, 0.3) is 0 Å². The zero-order valence-electron chi connectivity index (χ0n) is 8.69. The third-order valence-corrected chi connectivity index (χ3v) is 1.83. The summed E-state index contributed by atoms with van der Waals surface area (Å²) in [7, 11) is 1.60. The van der Waals surface area contributed by atoms with Gasteiger partial charge in [0.15, 0.2) is 5.82 Å². The summed E-state index contributed by atoms with van der Waals surface area (Å²) >= 11 is 0. The van der Waals surface area contributed by atoms with Crippen molar-refractivity contribution in [2.45, 2.75) is 38.8 Å². The Bertz CT molecular complexity index is 260. The minimum atomic E-state index is 0.233. The average molecular weight is 199 g/mol. The Kier molecular flexibility index (Phi) is 4.55. The number of methoxy groups -OCH3 is 1. The van der Waals surface area contributed by atoms with Crippen LogP contribution in [0.15, 0.2) is 4.52 Å². The molecular formula is C9H17N3O2. The highest BCUT2D eigenvalue weighted by Gasteiger charge is 2.05. The molecule has 1 unspecified atom stereocenters. The van der Waals surface area contributed by atoms with E-state index >= 15 is 0 Å². The highest BCUT2D eigenvalue weighted by molar-refractivity contribution is 4.84. The Morgan fingerprint density at radius 1 is 1.57 bits per heavy atom. The third kappa shape index (κ3) is 3.85. The lowest BCUT2D eigenvalue weighted by atomic mass is 10.1. The molecule has 5 nitrogen and oxygen atoms in total. The molecule has 1 atom stereocenters. The zero-order chi connectivity index (χ0) is 10.4. The largest absolute Gasteiger partial charge is 0.377 e. The molecule has 0 aliphatic heterocycles. The van der Waals surface area contributed by atoms with Gasteiger partial charge >= 0.3 is 0 Å². The van der Waals surface area contributed by atoms with Crippen LogP contribution >= 0.6 is 0 Å². The predicted molar refractivity (Wildman–Crippen MR) is 51.6 cm³/mol. The Balaban J connectivity index is 2.28. The Hall–Kier alpha value is -0.940. The standard InChI is InChI=1S/C9H17N3O2/c1-7(10)4-3-5-9-11-8(6-13-2)12-14-9/h7H,3-6,10H2,1-2H3. The summed E-state index contributed by atoms with van der Waals surface area (Å²) in [6, 6.07) is 0.233. The van der Waals surface area contributed by atoms with Gasteiger partial charge in [-0.25, -0.2) is 0 Å². The number of rotatable bonds is 6. The molecule has 2 N–H and O–H groups in total. The first-order valence-electron chi connectivity index (χ1n) is 4.78. The van der Waals surface area contributed by atoms with Crippen LogP contribution in [-0.4, -0.2) is 23.3 Å². The van der Waals surface area contributed by atoms with Crippen LogP contribution < -0.4 is 5.73 Å². The SMILES string of the molecule is COCc1noc(CCCC(C)N)n1. The Morgan fingerprint density at radius 3 is 3.00 bits per heavy atom.